The number of rotatable bonds is 4. The molecule has 118 valence electrons. The summed E-state index contributed by atoms with van der Waals surface area (Å²) >= 11 is 0. The quantitative estimate of drug-likeness (QED) is 0.903. The first-order valence-electron chi connectivity index (χ1n) is 7.95. The van der Waals surface area contributed by atoms with Crippen LogP contribution in [0, 0.1) is 5.92 Å². The molecule has 2 N–H and O–H groups in total. The van der Waals surface area contributed by atoms with Crippen molar-refractivity contribution in [3.63, 3.8) is 0 Å². The molecule has 0 radical (unpaired) electrons. The van der Waals surface area contributed by atoms with Crippen LogP contribution >= 0.6 is 0 Å². The second-order valence-electron chi connectivity index (χ2n) is 6.21. The summed E-state index contributed by atoms with van der Waals surface area (Å²) in [4.78, 5) is 21.8. The smallest absolute Gasteiger partial charge is 0.233 e. The third-order valence-electron chi connectivity index (χ3n) is 4.20. The Hall–Kier alpha value is -2.57. The molecule has 2 aromatic heterocycles. The first-order chi connectivity index (χ1) is 11.2. The lowest BCUT2D eigenvalue weighted by atomic mass is 9.95. The molecule has 4 rings (SSSR count). The Morgan fingerprint density at radius 1 is 1.09 bits per heavy atom. The Labute approximate surface area is 134 Å². The minimum absolute atomic E-state index is 0.475. The van der Waals surface area contributed by atoms with Crippen molar-refractivity contribution in [1.82, 2.24) is 19.9 Å². The SMILES string of the molecule is CC1=Nc2nc(Nc3ncnc(NC4CC4)n3)ccc2CC1C. The zero-order chi connectivity index (χ0) is 15.8. The molecule has 0 aromatic carbocycles. The van der Waals surface area contributed by atoms with Gasteiger partial charge in [-0.3, -0.25) is 0 Å². The lowest BCUT2D eigenvalue weighted by Crippen LogP contribution is -2.15. The fourth-order valence-electron chi connectivity index (χ4n) is 2.51. The lowest BCUT2D eigenvalue weighted by molar-refractivity contribution is 0.745. The van der Waals surface area contributed by atoms with Crippen LogP contribution in [-0.4, -0.2) is 31.7 Å². The number of pyridine rings is 1. The number of aromatic nitrogens is 4. The molecule has 7 heteroatoms. The van der Waals surface area contributed by atoms with E-state index in [0.717, 1.165) is 18.0 Å². The van der Waals surface area contributed by atoms with Crippen LogP contribution in [0.4, 0.5) is 23.5 Å². The summed E-state index contributed by atoms with van der Waals surface area (Å²) in [5.41, 5.74) is 2.30. The van der Waals surface area contributed by atoms with Gasteiger partial charge in [0.05, 0.1) is 0 Å². The van der Waals surface area contributed by atoms with E-state index in [-0.39, 0.29) is 0 Å². The van der Waals surface area contributed by atoms with Gasteiger partial charge in [-0.15, -0.1) is 0 Å². The van der Waals surface area contributed by atoms with Crippen molar-refractivity contribution in [1.29, 1.82) is 0 Å². The summed E-state index contributed by atoms with van der Waals surface area (Å²) in [7, 11) is 0. The van der Waals surface area contributed by atoms with Crippen molar-refractivity contribution in [2.75, 3.05) is 10.6 Å². The first kappa shape index (κ1) is 14.0. The highest BCUT2D eigenvalue weighted by atomic mass is 15.2. The molecular weight excluding hydrogens is 290 g/mol. The average Bonchev–Trinajstić information content (AvgIpc) is 3.33. The number of nitrogens with zero attached hydrogens (tertiary/aromatic N) is 5. The average molecular weight is 309 g/mol. The lowest BCUT2D eigenvalue weighted by Gasteiger charge is -2.19. The van der Waals surface area contributed by atoms with Gasteiger partial charge in [-0.1, -0.05) is 13.0 Å². The molecule has 0 spiro atoms. The maximum atomic E-state index is 4.59. The van der Waals surface area contributed by atoms with E-state index in [1.54, 1.807) is 0 Å². The Bertz CT molecular complexity index is 767. The standard InChI is InChI=1S/C16H19N7/c1-9-7-11-3-6-13(21-14(11)19-10(9)2)22-16-18-8-17-15(23-16)20-12-4-5-12/h3,6,8-9,12H,4-5,7H2,1-2H3,(H2,17,18,20,21,22,23). The van der Waals surface area contributed by atoms with Gasteiger partial charge in [-0.2, -0.15) is 4.98 Å². The minimum Gasteiger partial charge on any atom is -0.351 e. The summed E-state index contributed by atoms with van der Waals surface area (Å²) in [5, 5.41) is 6.39. The van der Waals surface area contributed by atoms with Gasteiger partial charge >= 0.3 is 0 Å². The number of hydrogen-bond donors (Lipinski definition) is 2. The van der Waals surface area contributed by atoms with E-state index in [2.05, 4.69) is 55.5 Å². The Balaban J connectivity index is 1.55. The Morgan fingerprint density at radius 2 is 1.91 bits per heavy atom. The molecule has 1 saturated carbocycles. The Kier molecular flexibility index (Phi) is 3.40. The molecule has 0 amide bonds. The van der Waals surface area contributed by atoms with Crippen LogP contribution in [0.5, 0.6) is 0 Å². The van der Waals surface area contributed by atoms with Gasteiger partial charge in [-0.25, -0.2) is 19.9 Å². The third-order valence-corrected chi connectivity index (χ3v) is 4.20. The monoisotopic (exact) mass is 309 g/mol. The first-order valence-corrected chi connectivity index (χ1v) is 7.95. The molecule has 1 unspecified atom stereocenters. The maximum Gasteiger partial charge on any atom is 0.233 e. The summed E-state index contributed by atoms with van der Waals surface area (Å²) < 4.78 is 0. The van der Waals surface area contributed by atoms with Crippen LogP contribution in [-0.2, 0) is 6.42 Å². The van der Waals surface area contributed by atoms with E-state index >= 15 is 0 Å². The molecule has 7 nitrogen and oxygen atoms in total. The molecule has 1 aliphatic heterocycles. The molecule has 0 saturated heterocycles. The van der Waals surface area contributed by atoms with E-state index in [1.165, 1.54) is 24.7 Å². The van der Waals surface area contributed by atoms with Gasteiger partial charge in [0.1, 0.15) is 12.1 Å². The molecule has 1 fully saturated rings. The second-order valence-corrected chi connectivity index (χ2v) is 6.21. The van der Waals surface area contributed by atoms with Gasteiger partial charge in [0, 0.05) is 11.8 Å². The van der Waals surface area contributed by atoms with E-state index in [4.69, 9.17) is 0 Å². The summed E-state index contributed by atoms with van der Waals surface area (Å²) in [6.45, 7) is 4.24. The normalized spacial score (nSPS) is 19.7. The van der Waals surface area contributed by atoms with Crippen molar-refractivity contribution >= 4 is 29.2 Å². The van der Waals surface area contributed by atoms with Crippen molar-refractivity contribution in [3.05, 3.63) is 24.0 Å². The number of nitrogens with one attached hydrogen (secondary N) is 2. The molecule has 23 heavy (non-hydrogen) atoms. The molecule has 2 aromatic rings. The van der Waals surface area contributed by atoms with E-state index in [1.807, 2.05) is 6.07 Å². The molecule has 1 atom stereocenters. The van der Waals surface area contributed by atoms with Crippen molar-refractivity contribution < 1.29 is 0 Å². The van der Waals surface area contributed by atoms with E-state index in [9.17, 15) is 0 Å². The number of fused-ring (bicyclic) bond motifs is 1. The van der Waals surface area contributed by atoms with E-state index < -0.39 is 0 Å². The van der Waals surface area contributed by atoms with Gasteiger partial charge in [0.2, 0.25) is 11.9 Å². The largest absolute Gasteiger partial charge is 0.351 e. The zero-order valence-corrected chi connectivity index (χ0v) is 13.2. The molecule has 0 bridgehead atoms. The number of hydrogen-bond acceptors (Lipinski definition) is 7. The van der Waals surface area contributed by atoms with Crippen molar-refractivity contribution in [3.8, 4) is 0 Å². The highest BCUT2D eigenvalue weighted by Gasteiger charge is 2.22. The van der Waals surface area contributed by atoms with Crippen LogP contribution in [0.15, 0.2) is 23.5 Å². The van der Waals surface area contributed by atoms with Gasteiger partial charge < -0.3 is 10.6 Å². The van der Waals surface area contributed by atoms with Gasteiger partial charge in [0.25, 0.3) is 0 Å². The molecule has 2 aliphatic rings. The third kappa shape index (κ3) is 3.13. The van der Waals surface area contributed by atoms with Crippen LogP contribution in [0.1, 0.15) is 32.3 Å². The summed E-state index contributed by atoms with van der Waals surface area (Å²) in [6, 6.07) is 4.52. The van der Waals surface area contributed by atoms with Crippen LogP contribution < -0.4 is 10.6 Å². The topological polar surface area (TPSA) is 88.0 Å². The molecule has 1 aliphatic carbocycles. The van der Waals surface area contributed by atoms with Gasteiger partial charge in [0.15, 0.2) is 5.82 Å². The van der Waals surface area contributed by atoms with Crippen molar-refractivity contribution in [2.24, 2.45) is 10.9 Å². The fourth-order valence-corrected chi connectivity index (χ4v) is 2.51. The Morgan fingerprint density at radius 3 is 2.74 bits per heavy atom. The fraction of sp³-hybridized carbons (Fsp3) is 0.438. The predicted octanol–water partition coefficient (Wildman–Crippen LogP) is 2.87. The summed E-state index contributed by atoms with van der Waals surface area (Å²) in [6.07, 6.45) is 4.84. The van der Waals surface area contributed by atoms with Crippen LogP contribution in [0.3, 0.4) is 0 Å². The highest BCUT2D eigenvalue weighted by molar-refractivity contribution is 5.88. The molecule has 3 heterocycles. The van der Waals surface area contributed by atoms with E-state index in [0.29, 0.717) is 29.7 Å². The number of aliphatic imine (C=N–C) groups is 1. The second kappa shape index (κ2) is 5.57. The van der Waals surface area contributed by atoms with Crippen molar-refractivity contribution in [2.45, 2.75) is 39.2 Å². The highest BCUT2D eigenvalue weighted by Crippen LogP contribution is 2.29. The van der Waals surface area contributed by atoms with Crippen LogP contribution in [0.2, 0.25) is 0 Å². The minimum atomic E-state index is 0.475. The molecular formula is C16H19N7. The predicted molar refractivity (Wildman–Crippen MR) is 89.6 cm³/mol. The number of anilines is 3. The zero-order valence-electron chi connectivity index (χ0n) is 13.2. The van der Waals surface area contributed by atoms with Crippen LogP contribution in [0.25, 0.3) is 0 Å². The summed E-state index contributed by atoms with van der Waals surface area (Å²) in [5.74, 6) is 3.04. The van der Waals surface area contributed by atoms with Gasteiger partial charge in [-0.05, 0) is 43.7 Å². The maximum absolute atomic E-state index is 4.59.